The monoisotopic (exact) mass is 717 g/mol. The van der Waals surface area contributed by atoms with Gasteiger partial charge in [-0.1, -0.05) is 70.5 Å². The number of aromatic nitrogens is 2. The van der Waals surface area contributed by atoms with Crippen LogP contribution in [0.25, 0.3) is 11.3 Å². The van der Waals surface area contributed by atoms with Crippen molar-refractivity contribution in [2.24, 2.45) is 5.41 Å². The van der Waals surface area contributed by atoms with E-state index < -0.39 is 43.8 Å². The van der Waals surface area contributed by atoms with E-state index in [1.54, 1.807) is 30.5 Å². The van der Waals surface area contributed by atoms with E-state index in [0.29, 0.717) is 22.4 Å². The molecule has 0 aliphatic rings. The molecule has 1 N–H and O–H groups in total. The molecule has 0 fully saturated rings. The Hall–Kier alpha value is -3.92. The van der Waals surface area contributed by atoms with E-state index in [-0.39, 0.29) is 23.3 Å². The van der Waals surface area contributed by atoms with Gasteiger partial charge in [-0.3, -0.25) is 27.5 Å². The van der Waals surface area contributed by atoms with Crippen molar-refractivity contribution in [3.8, 4) is 17.3 Å². The highest BCUT2D eigenvalue weighted by Gasteiger charge is 2.56. The predicted octanol–water partition coefficient (Wildman–Crippen LogP) is 6.82. The highest BCUT2D eigenvalue weighted by Crippen LogP contribution is 2.67. The molecule has 1 heterocycles. The van der Waals surface area contributed by atoms with Crippen molar-refractivity contribution in [1.82, 2.24) is 9.13 Å². The first kappa shape index (κ1) is 34.9. The number of benzene rings is 3. The van der Waals surface area contributed by atoms with Crippen LogP contribution < -0.4 is 5.69 Å². The zero-order valence-corrected chi connectivity index (χ0v) is 27.6. The minimum Gasteiger partial charge on any atom is -0.438 e. The quantitative estimate of drug-likeness (QED) is 0.0959. The summed E-state index contributed by atoms with van der Waals surface area (Å²) in [4.78, 5) is 25.6. The standard InChI is InChI=1S/C32H31BrF2N3O7P/c1-31(2,3)29(40)43-21-45-46(42,44-20-39)32(34,35)26-14-11-24(15-27(26)33)18-38-28(25-12-9-22(16-36)10-13-25)19-37(30(38)41)17-23-7-5-4-6-8-23/h4-15,19,39H,17-18,20-21H2,1-3H3. The van der Waals surface area contributed by atoms with Gasteiger partial charge in [0.15, 0.2) is 6.79 Å². The third-order valence-electron chi connectivity index (χ3n) is 6.85. The fourth-order valence-electron chi connectivity index (χ4n) is 4.39. The van der Waals surface area contributed by atoms with Crippen LogP contribution in [0.5, 0.6) is 0 Å². The molecule has 1 atom stereocenters. The van der Waals surface area contributed by atoms with Crippen LogP contribution in [-0.4, -0.2) is 33.8 Å². The van der Waals surface area contributed by atoms with Crippen molar-refractivity contribution < 1.29 is 37.0 Å². The minimum absolute atomic E-state index is 0.0233. The van der Waals surface area contributed by atoms with Crippen molar-refractivity contribution in [1.29, 1.82) is 5.26 Å². The molecular formula is C32H31BrF2N3O7P. The summed E-state index contributed by atoms with van der Waals surface area (Å²) in [5.74, 6) is -0.787. The van der Waals surface area contributed by atoms with Crippen molar-refractivity contribution in [2.45, 2.75) is 39.5 Å². The van der Waals surface area contributed by atoms with Gasteiger partial charge >= 0.3 is 24.9 Å². The minimum atomic E-state index is -5.43. The van der Waals surface area contributed by atoms with E-state index in [2.05, 4.69) is 26.5 Å². The van der Waals surface area contributed by atoms with Crippen molar-refractivity contribution >= 4 is 29.5 Å². The van der Waals surface area contributed by atoms with Gasteiger partial charge in [0.2, 0.25) is 6.79 Å². The number of hydrogen-bond donors (Lipinski definition) is 1. The molecule has 0 saturated heterocycles. The Kier molecular flexibility index (Phi) is 10.8. The number of carbonyl (C=O) groups is 1. The smallest absolute Gasteiger partial charge is 0.409 e. The first-order chi connectivity index (χ1) is 21.7. The topological polar surface area (TPSA) is 133 Å². The number of aliphatic hydroxyl groups excluding tert-OH is 1. The summed E-state index contributed by atoms with van der Waals surface area (Å²) in [6.07, 6.45) is 1.70. The molecule has 46 heavy (non-hydrogen) atoms. The first-order valence-electron chi connectivity index (χ1n) is 13.9. The Balaban J connectivity index is 1.66. The first-order valence-corrected chi connectivity index (χ1v) is 16.2. The lowest BCUT2D eigenvalue weighted by molar-refractivity contribution is -0.161. The third-order valence-corrected chi connectivity index (χ3v) is 9.33. The number of esters is 1. The van der Waals surface area contributed by atoms with E-state index in [9.17, 15) is 24.5 Å². The number of halogens is 3. The average Bonchev–Trinajstić information content (AvgIpc) is 3.31. The number of nitrogens with zero attached hydrogens (tertiary/aromatic N) is 3. The molecule has 0 radical (unpaired) electrons. The molecule has 14 heteroatoms. The van der Waals surface area contributed by atoms with Gasteiger partial charge in [-0.25, -0.2) is 4.79 Å². The van der Waals surface area contributed by atoms with Crippen LogP contribution >= 0.6 is 23.5 Å². The van der Waals surface area contributed by atoms with Crippen molar-refractivity contribution in [3.63, 3.8) is 0 Å². The van der Waals surface area contributed by atoms with Gasteiger partial charge in [0.1, 0.15) is 0 Å². The molecule has 3 aromatic carbocycles. The number of aliphatic hydroxyl groups is 1. The molecule has 0 aliphatic carbocycles. The summed E-state index contributed by atoms with van der Waals surface area (Å²) in [5, 5.41) is 18.4. The number of rotatable bonds is 12. The Labute approximate surface area is 272 Å². The van der Waals surface area contributed by atoms with Gasteiger partial charge in [-0.2, -0.15) is 14.0 Å². The molecule has 242 valence electrons. The molecule has 4 rings (SSSR count). The van der Waals surface area contributed by atoms with Gasteiger partial charge < -0.3 is 9.84 Å². The molecule has 0 saturated carbocycles. The fraction of sp³-hybridized carbons (Fsp3) is 0.281. The Morgan fingerprint density at radius 3 is 2.26 bits per heavy atom. The van der Waals surface area contributed by atoms with Crippen LogP contribution in [0.1, 0.15) is 43.0 Å². The lowest BCUT2D eigenvalue weighted by Gasteiger charge is -2.27. The van der Waals surface area contributed by atoms with Gasteiger partial charge in [0.25, 0.3) is 0 Å². The maximum Gasteiger partial charge on any atom is 0.409 e. The Morgan fingerprint density at radius 2 is 1.67 bits per heavy atom. The number of alkyl halides is 2. The van der Waals surface area contributed by atoms with E-state index >= 15 is 8.78 Å². The number of ether oxygens (including phenoxy) is 1. The predicted molar refractivity (Wildman–Crippen MR) is 169 cm³/mol. The van der Waals surface area contributed by atoms with E-state index in [0.717, 1.165) is 11.6 Å². The van der Waals surface area contributed by atoms with Crippen LogP contribution in [0.15, 0.2) is 88.3 Å². The molecule has 0 bridgehead atoms. The van der Waals surface area contributed by atoms with Crippen LogP contribution in [0, 0.1) is 16.7 Å². The van der Waals surface area contributed by atoms with Crippen LogP contribution in [0.3, 0.4) is 0 Å². The zero-order valence-electron chi connectivity index (χ0n) is 25.2. The van der Waals surface area contributed by atoms with Gasteiger partial charge in [0, 0.05) is 16.2 Å². The molecule has 10 nitrogen and oxygen atoms in total. The summed E-state index contributed by atoms with van der Waals surface area (Å²) in [7, 11) is -5.43. The van der Waals surface area contributed by atoms with Gasteiger partial charge in [0.05, 0.1) is 35.8 Å². The van der Waals surface area contributed by atoms with Crippen LogP contribution in [0.2, 0.25) is 0 Å². The summed E-state index contributed by atoms with van der Waals surface area (Å²) in [6.45, 7) is 2.42. The largest absolute Gasteiger partial charge is 0.438 e. The molecule has 1 aromatic heterocycles. The van der Waals surface area contributed by atoms with E-state index in [1.165, 1.54) is 42.0 Å². The van der Waals surface area contributed by atoms with Crippen LogP contribution in [0.4, 0.5) is 8.78 Å². The summed E-state index contributed by atoms with van der Waals surface area (Å²) < 4.78 is 61.6. The Bertz CT molecular complexity index is 1850. The van der Waals surface area contributed by atoms with E-state index in [1.807, 2.05) is 30.3 Å². The summed E-state index contributed by atoms with van der Waals surface area (Å²) >= 11 is 3.12. The third kappa shape index (κ3) is 7.71. The molecule has 0 spiro atoms. The maximum atomic E-state index is 15.7. The lowest BCUT2D eigenvalue weighted by atomic mass is 9.98. The van der Waals surface area contributed by atoms with E-state index in [4.69, 9.17) is 9.26 Å². The summed E-state index contributed by atoms with van der Waals surface area (Å²) in [6, 6.07) is 21.8. The number of carbonyl (C=O) groups excluding carboxylic acids is 1. The van der Waals surface area contributed by atoms with Crippen molar-refractivity contribution in [3.05, 3.63) is 116 Å². The fourth-order valence-corrected chi connectivity index (χ4v) is 6.46. The lowest BCUT2D eigenvalue weighted by Crippen LogP contribution is -2.26. The second-order valence-electron chi connectivity index (χ2n) is 11.2. The van der Waals surface area contributed by atoms with Crippen molar-refractivity contribution in [2.75, 3.05) is 13.6 Å². The maximum absolute atomic E-state index is 15.7. The number of hydrogen-bond acceptors (Lipinski definition) is 8. The molecule has 0 amide bonds. The second kappa shape index (κ2) is 14.2. The molecular weight excluding hydrogens is 687 g/mol. The number of imidazole rings is 1. The normalized spacial score (nSPS) is 13.2. The van der Waals surface area contributed by atoms with Crippen LogP contribution in [-0.2, 0) is 41.9 Å². The SMILES string of the molecule is CC(C)(C)C(=O)OCOP(=O)(OCO)C(F)(F)c1ccc(Cn2c(-c3ccc(C#N)cc3)cn(Cc3ccccc3)c2=O)cc1Br. The van der Waals surface area contributed by atoms with Gasteiger partial charge in [-0.15, -0.1) is 0 Å². The summed E-state index contributed by atoms with van der Waals surface area (Å²) in [5.41, 5.74) is -3.41. The number of nitriles is 1. The highest BCUT2D eigenvalue weighted by atomic mass is 79.9. The second-order valence-corrected chi connectivity index (χ2v) is 14.2. The average molecular weight is 718 g/mol. The molecule has 0 aliphatic heterocycles. The molecule has 1 unspecified atom stereocenters. The van der Waals surface area contributed by atoms with Gasteiger partial charge in [-0.05, 0) is 55.7 Å². The molecule has 4 aromatic rings. The highest BCUT2D eigenvalue weighted by molar-refractivity contribution is 9.10. The zero-order chi connectivity index (χ0) is 33.7. The Morgan fingerprint density at radius 1 is 1.00 bits per heavy atom.